The van der Waals surface area contributed by atoms with Gasteiger partial charge in [-0.05, 0) is 140 Å². The molecule has 0 saturated carbocycles. The van der Waals surface area contributed by atoms with Crippen LogP contribution in [-0.2, 0) is 0 Å². The van der Waals surface area contributed by atoms with E-state index >= 15 is 0 Å². The summed E-state index contributed by atoms with van der Waals surface area (Å²) in [6.07, 6.45) is 11.4. The van der Waals surface area contributed by atoms with Gasteiger partial charge in [-0.3, -0.25) is 0 Å². The Bertz CT molecular complexity index is 3860. The van der Waals surface area contributed by atoms with Crippen molar-refractivity contribution in [3.8, 4) is 44.9 Å². The Morgan fingerprint density at radius 1 is 0.306 bits per heavy atom. The number of anilines is 5. The van der Waals surface area contributed by atoms with Crippen LogP contribution in [0.3, 0.4) is 0 Å². The fourth-order valence-corrected chi connectivity index (χ4v) is 11.2. The number of hydrogen-bond donors (Lipinski definition) is 0. The van der Waals surface area contributed by atoms with E-state index < -0.39 is 0 Å². The van der Waals surface area contributed by atoms with Crippen LogP contribution in [0.5, 0.6) is 11.5 Å². The third kappa shape index (κ3) is 7.48. The molecule has 4 aliphatic rings. The summed E-state index contributed by atoms with van der Waals surface area (Å²) in [5.41, 5.74) is 15.9. The summed E-state index contributed by atoms with van der Waals surface area (Å²) in [7, 11) is 0. The average Bonchev–Trinajstić information content (AvgIpc) is 3.99. The molecule has 0 fully saturated rings. The van der Waals surface area contributed by atoms with Crippen LogP contribution < -0.4 is 29.7 Å². The van der Waals surface area contributed by atoms with Crippen LogP contribution in [-0.4, -0.2) is 12.2 Å². The lowest BCUT2D eigenvalue weighted by molar-refractivity contribution is 0.268. The molecule has 0 N–H and O–H groups in total. The number of fused-ring (bicyclic) bond motifs is 8. The molecule has 4 nitrogen and oxygen atoms in total. The molecular weight excluding hydrogens is 877 g/mol. The van der Waals surface area contributed by atoms with Crippen LogP contribution in [0.4, 0.5) is 28.4 Å². The molecule has 2 aliphatic carbocycles. The van der Waals surface area contributed by atoms with E-state index in [1.54, 1.807) is 0 Å². The minimum Gasteiger partial charge on any atom is -0.485 e. The van der Waals surface area contributed by atoms with Gasteiger partial charge in [-0.2, -0.15) is 0 Å². The highest BCUT2D eigenvalue weighted by molar-refractivity contribution is 5.87. The van der Waals surface area contributed by atoms with Gasteiger partial charge in [0.2, 0.25) is 0 Å². The fourth-order valence-electron chi connectivity index (χ4n) is 11.2. The molecule has 4 atom stereocenters. The number of rotatable bonds is 9. The van der Waals surface area contributed by atoms with Gasteiger partial charge in [-0.15, -0.1) is 0 Å². The molecule has 342 valence electrons. The zero-order chi connectivity index (χ0) is 47.5. The van der Waals surface area contributed by atoms with Crippen molar-refractivity contribution in [3.63, 3.8) is 0 Å². The van der Waals surface area contributed by atoms with E-state index in [9.17, 15) is 0 Å². The molecule has 0 saturated heterocycles. The van der Waals surface area contributed by atoms with Crippen molar-refractivity contribution >= 4 is 51.4 Å². The maximum atomic E-state index is 6.72. The van der Waals surface area contributed by atoms with Crippen molar-refractivity contribution < 1.29 is 9.47 Å². The first-order valence-corrected chi connectivity index (χ1v) is 24.9. The molecule has 10 aromatic rings. The van der Waals surface area contributed by atoms with Crippen molar-refractivity contribution in [1.29, 1.82) is 0 Å². The van der Waals surface area contributed by atoms with Crippen LogP contribution in [0.1, 0.15) is 23.0 Å². The van der Waals surface area contributed by atoms with Crippen molar-refractivity contribution in [2.75, 3.05) is 9.80 Å². The molecule has 14 rings (SSSR count). The van der Waals surface area contributed by atoms with Crippen molar-refractivity contribution in [3.05, 3.63) is 282 Å². The summed E-state index contributed by atoms with van der Waals surface area (Å²) < 4.78 is 13.4. The maximum Gasteiger partial charge on any atom is 0.130 e. The zero-order valence-corrected chi connectivity index (χ0v) is 39.4. The van der Waals surface area contributed by atoms with E-state index in [0.717, 1.165) is 56.8 Å². The lowest BCUT2D eigenvalue weighted by Crippen LogP contribution is -2.33. The predicted molar refractivity (Wildman–Crippen MR) is 296 cm³/mol. The van der Waals surface area contributed by atoms with Gasteiger partial charge in [-0.25, -0.2) is 0 Å². The Labute approximate surface area is 419 Å². The van der Waals surface area contributed by atoms with E-state index in [-0.39, 0.29) is 24.0 Å². The molecule has 0 spiro atoms. The molecule has 0 amide bonds. The van der Waals surface area contributed by atoms with Crippen LogP contribution in [0.25, 0.3) is 56.3 Å². The molecule has 0 aromatic heterocycles. The molecule has 2 aliphatic heterocycles. The summed E-state index contributed by atoms with van der Waals surface area (Å²) in [5.74, 6) is 2.23. The Hall–Kier alpha value is -9.12. The molecule has 0 bridgehead atoms. The molecule has 2 heterocycles. The average molecular weight is 925 g/mol. The van der Waals surface area contributed by atoms with E-state index in [1.807, 2.05) is 0 Å². The largest absolute Gasteiger partial charge is 0.485 e. The van der Waals surface area contributed by atoms with Gasteiger partial charge >= 0.3 is 0 Å². The predicted octanol–water partition coefficient (Wildman–Crippen LogP) is 15.6. The van der Waals surface area contributed by atoms with Gasteiger partial charge < -0.3 is 19.3 Å². The molecule has 4 unspecified atom stereocenters. The third-order valence-electron chi connectivity index (χ3n) is 14.9. The van der Waals surface area contributed by atoms with Crippen molar-refractivity contribution in [2.24, 2.45) is 0 Å². The summed E-state index contributed by atoms with van der Waals surface area (Å²) >= 11 is 0. The van der Waals surface area contributed by atoms with Gasteiger partial charge in [0.25, 0.3) is 0 Å². The number of allylic oxidation sites excluding steroid dienone is 1. The molecular formula is C68H48N2O2. The van der Waals surface area contributed by atoms with Crippen molar-refractivity contribution in [1.82, 2.24) is 0 Å². The van der Waals surface area contributed by atoms with E-state index in [0.29, 0.717) is 0 Å². The van der Waals surface area contributed by atoms with Gasteiger partial charge in [0.1, 0.15) is 23.7 Å². The van der Waals surface area contributed by atoms with Crippen LogP contribution in [0.15, 0.2) is 261 Å². The fraction of sp³-hybridized carbons (Fsp3) is 0.0588. The maximum absolute atomic E-state index is 6.72. The van der Waals surface area contributed by atoms with Crippen LogP contribution in [0.2, 0.25) is 0 Å². The summed E-state index contributed by atoms with van der Waals surface area (Å²) in [4.78, 5) is 4.68. The summed E-state index contributed by atoms with van der Waals surface area (Å²) in [5, 5.41) is 4.92. The molecule has 4 heteroatoms. The standard InChI is InChI=1S/C68H48N2O2/c1-3-11-45(12-4-1)47-19-27-55(28-20-47)69(59-35-37-61-63-39-51-15-7-9-17-53(51)41-65(63)71-67(61)43-59)57-31-23-49(24-32-57)50-25-33-58(34-26-50)70(56-29-21-48(22-30-56)46-13-5-2-6-14-46)60-36-38-62-64-40-52-16-8-10-18-54(52)42-66(64)72-68(62)44-60/h1-44,61,64,66-67H. The Kier molecular flexibility index (Phi) is 10.1. The zero-order valence-electron chi connectivity index (χ0n) is 39.4. The second-order valence-electron chi connectivity index (χ2n) is 19.2. The summed E-state index contributed by atoms with van der Waals surface area (Å²) in [6, 6.07) is 85.1. The first kappa shape index (κ1) is 41.8. The minimum absolute atomic E-state index is 0.0228. The van der Waals surface area contributed by atoms with Gasteiger partial charge in [0.05, 0.1) is 0 Å². The van der Waals surface area contributed by atoms with Gasteiger partial charge in [0, 0.05) is 63.2 Å². The molecule has 0 radical (unpaired) electrons. The van der Waals surface area contributed by atoms with Crippen LogP contribution >= 0.6 is 0 Å². The highest BCUT2D eigenvalue weighted by Crippen LogP contribution is 2.48. The Balaban J connectivity index is 0.786. The van der Waals surface area contributed by atoms with Gasteiger partial charge in [-0.1, -0.05) is 176 Å². The number of nitrogens with zero attached hydrogens (tertiary/aromatic N) is 2. The topological polar surface area (TPSA) is 24.9 Å². The number of hydrogen-bond acceptors (Lipinski definition) is 4. The van der Waals surface area contributed by atoms with E-state index in [2.05, 4.69) is 277 Å². The van der Waals surface area contributed by atoms with E-state index in [4.69, 9.17) is 9.47 Å². The second kappa shape index (κ2) is 17.4. The smallest absolute Gasteiger partial charge is 0.130 e. The lowest BCUT2D eigenvalue weighted by Gasteiger charge is -2.30. The minimum atomic E-state index is -0.106. The third-order valence-corrected chi connectivity index (χ3v) is 14.9. The monoisotopic (exact) mass is 924 g/mol. The lowest BCUT2D eigenvalue weighted by atomic mass is 9.89. The SMILES string of the molecule is C1=CC2c3cc4ccccc4cc3OC2C=C1N(c1ccc(-c2ccccc2)cc1)c1ccc(-c2ccc(N(c3ccc(-c4ccccc4)cc3)c3ccc4c(c3)OC3C=c5ccccc5=CC43)cc2)cc1. The van der Waals surface area contributed by atoms with Crippen molar-refractivity contribution in [2.45, 2.75) is 24.0 Å². The summed E-state index contributed by atoms with van der Waals surface area (Å²) in [6.45, 7) is 0. The first-order valence-electron chi connectivity index (χ1n) is 24.9. The highest BCUT2D eigenvalue weighted by Gasteiger charge is 2.36. The molecule has 72 heavy (non-hydrogen) atoms. The Morgan fingerprint density at radius 2 is 0.736 bits per heavy atom. The van der Waals surface area contributed by atoms with Crippen LogP contribution in [0, 0.1) is 0 Å². The number of ether oxygens (including phenoxy) is 2. The second-order valence-corrected chi connectivity index (χ2v) is 19.2. The molecule has 10 aromatic carbocycles. The normalized spacial score (nSPS) is 17.6. The quantitative estimate of drug-likeness (QED) is 0.144. The highest BCUT2D eigenvalue weighted by atomic mass is 16.5. The van der Waals surface area contributed by atoms with E-state index in [1.165, 1.54) is 54.6 Å². The Morgan fingerprint density at radius 3 is 1.29 bits per heavy atom. The number of benzene rings is 10. The first-order chi connectivity index (χ1) is 35.6. The van der Waals surface area contributed by atoms with Gasteiger partial charge in [0.15, 0.2) is 0 Å².